The van der Waals surface area contributed by atoms with E-state index in [2.05, 4.69) is 10.3 Å². The molecule has 1 heterocycles. The molecule has 1 N–H and O–H groups in total. The summed E-state index contributed by atoms with van der Waals surface area (Å²) < 4.78 is 5.54. The van der Waals surface area contributed by atoms with E-state index in [1.165, 1.54) is 18.2 Å². The minimum absolute atomic E-state index is 0.0657. The van der Waals surface area contributed by atoms with E-state index >= 15 is 0 Å². The number of anilines is 1. The summed E-state index contributed by atoms with van der Waals surface area (Å²) >= 11 is 5.95. The minimum atomic E-state index is -0.501. The van der Waals surface area contributed by atoms with Gasteiger partial charge < -0.3 is 10.1 Å². The van der Waals surface area contributed by atoms with Gasteiger partial charge in [0.25, 0.3) is 5.69 Å². The van der Waals surface area contributed by atoms with E-state index in [1.54, 1.807) is 6.20 Å². The normalized spacial score (nSPS) is 10.2. The van der Waals surface area contributed by atoms with E-state index in [0.717, 1.165) is 17.9 Å². The van der Waals surface area contributed by atoms with Crippen molar-refractivity contribution in [2.24, 2.45) is 0 Å². The molecule has 0 aliphatic heterocycles. The number of pyridine rings is 1. The van der Waals surface area contributed by atoms with Crippen molar-refractivity contribution < 1.29 is 9.66 Å². The summed E-state index contributed by atoms with van der Waals surface area (Å²) in [6.07, 6.45) is 1.71. The second-order valence-electron chi connectivity index (χ2n) is 4.24. The average Bonchev–Trinajstić information content (AvgIpc) is 2.47. The van der Waals surface area contributed by atoms with E-state index in [0.29, 0.717) is 5.75 Å². The molecule has 7 heteroatoms. The lowest BCUT2D eigenvalue weighted by molar-refractivity contribution is -0.384. The number of aromatic nitrogens is 1. The van der Waals surface area contributed by atoms with Crippen LogP contribution in [0.15, 0.2) is 36.5 Å². The number of halogens is 1. The van der Waals surface area contributed by atoms with Crippen molar-refractivity contribution in [2.45, 2.75) is 13.5 Å². The van der Waals surface area contributed by atoms with Crippen molar-refractivity contribution in [3.8, 4) is 5.75 Å². The Bertz CT molecular complexity index is 632. The molecule has 6 nitrogen and oxygen atoms in total. The molecule has 110 valence electrons. The number of hydrogen-bond donors (Lipinski definition) is 1. The predicted octanol–water partition coefficient (Wildman–Crippen LogP) is 3.65. The maximum atomic E-state index is 10.6. The van der Waals surface area contributed by atoms with Gasteiger partial charge in [0, 0.05) is 30.4 Å². The fourth-order valence-electron chi connectivity index (χ4n) is 1.68. The lowest BCUT2D eigenvalue weighted by atomic mass is 10.3. The van der Waals surface area contributed by atoms with Crippen LogP contribution in [0.4, 0.5) is 11.5 Å². The standard InChI is InChI=1S/C14H14ClN3O3/c1-2-16-14-6-3-10(8-17-14)9-21-13-5-4-11(18(19)20)7-12(13)15/h3-8H,2,9H2,1H3,(H,16,17). The Kier molecular flexibility index (Phi) is 4.94. The van der Waals surface area contributed by atoms with Gasteiger partial charge in [0.05, 0.1) is 9.95 Å². The van der Waals surface area contributed by atoms with Crippen LogP contribution < -0.4 is 10.1 Å². The Balaban J connectivity index is 2.01. The van der Waals surface area contributed by atoms with Crippen molar-refractivity contribution in [3.63, 3.8) is 0 Å². The van der Waals surface area contributed by atoms with Crippen molar-refractivity contribution in [2.75, 3.05) is 11.9 Å². The van der Waals surface area contributed by atoms with Gasteiger partial charge in [-0.3, -0.25) is 10.1 Å². The first-order valence-electron chi connectivity index (χ1n) is 6.35. The van der Waals surface area contributed by atoms with E-state index in [-0.39, 0.29) is 17.3 Å². The highest BCUT2D eigenvalue weighted by molar-refractivity contribution is 6.32. The first-order chi connectivity index (χ1) is 10.1. The largest absolute Gasteiger partial charge is 0.487 e. The molecule has 0 amide bonds. The second kappa shape index (κ2) is 6.90. The molecule has 2 rings (SSSR count). The van der Waals surface area contributed by atoms with E-state index < -0.39 is 4.92 Å². The first kappa shape index (κ1) is 15.1. The Morgan fingerprint density at radius 3 is 2.76 bits per heavy atom. The fraction of sp³-hybridized carbons (Fsp3) is 0.214. The van der Waals surface area contributed by atoms with Crippen molar-refractivity contribution >= 4 is 23.1 Å². The Labute approximate surface area is 126 Å². The van der Waals surface area contributed by atoms with Gasteiger partial charge in [0.1, 0.15) is 18.2 Å². The number of benzene rings is 1. The maximum absolute atomic E-state index is 10.6. The monoisotopic (exact) mass is 307 g/mol. The van der Waals surface area contributed by atoms with Crippen LogP contribution in [-0.2, 0) is 6.61 Å². The fourth-order valence-corrected chi connectivity index (χ4v) is 1.91. The zero-order valence-corrected chi connectivity index (χ0v) is 12.1. The van der Waals surface area contributed by atoms with E-state index in [9.17, 15) is 10.1 Å². The Hall–Kier alpha value is -2.34. The van der Waals surface area contributed by atoms with Gasteiger partial charge in [-0.2, -0.15) is 0 Å². The number of hydrogen-bond acceptors (Lipinski definition) is 5. The van der Waals surface area contributed by atoms with E-state index in [4.69, 9.17) is 16.3 Å². The van der Waals surface area contributed by atoms with Gasteiger partial charge in [-0.05, 0) is 19.1 Å². The zero-order valence-electron chi connectivity index (χ0n) is 11.4. The van der Waals surface area contributed by atoms with Crippen LogP contribution in [0.1, 0.15) is 12.5 Å². The molecule has 0 bridgehead atoms. The Morgan fingerprint density at radius 2 is 2.19 bits per heavy atom. The summed E-state index contributed by atoms with van der Waals surface area (Å²) in [6, 6.07) is 7.86. The maximum Gasteiger partial charge on any atom is 0.271 e. The van der Waals surface area contributed by atoms with Crippen molar-refractivity contribution in [1.29, 1.82) is 0 Å². The molecule has 0 unspecified atom stereocenters. The van der Waals surface area contributed by atoms with E-state index in [1.807, 2.05) is 19.1 Å². The molecule has 0 spiro atoms. The summed E-state index contributed by atoms with van der Waals surface area (Å²) in [4.78, 5) is 14.3. The summed E-state index contributed by atoms with van der Waals surface area (Å²) in [5.41, 5.74) is 0.815. The molecule has 1 aromatic heterocycles. The highest BCUT2D eigenvalue weighted by Gasteiger charge is 2.10. The van der Waals surface area contributed by atoms with Gasteiger partial charge in [0.15, 0.2) is 0 Å². The van der Waals surface area contributed by atoms with Gasteiger partial charge >= 0.3 is 0 Å². The molecular formula is C14H14ClN3O3. The van der Waals surface area contributed by atoms with Gasteiger partial charge in [-0.1, -0.05) is 17.7 Å². The predicted molar refractivity (Wildman–Crippen MR) is 80.8 cm³/mol. The van der Waals surface area contributed by atoms with Crippen LogP contribution in [0.25, 0.3) is 0 Å². The quantitative estimate of drug-likeness (QED) is 0.651. The Morgan fingerprint density at radius 1 is 1.38 bits per heavy atom. The van der Waals surface area contributed by atoms with Gasteiger partial charge in [-0.15, -0.1) is 0 Å². The topological polar surface area (TPSA) is 77.3 Å². The third kappa shape index (κ3) is 4.06. The van der Waals surface area contributed by atoms with Crippen LogP contribution >= 0.6 is 11.6 Å². The highest BCUT2D eigenvalue weighted by Crippen LogP contribution is 2.29. The van der Waals surface area contributed by atoms with Crippen molar-refractivity contribution in [3.05, 3.63) is 57.2 Å². The van der Waals surface area contributed by atoms with Crippen LogP contribution in [0.5, 0.6) is 5.75 Å². The second-order valence-corrected chi connectivity index (χ2v) is 4.65. The zero-order chi connectivity index (χ0) is 15.2. The molecule has 0 saturated heterocycles. The molecule has 0 saturated carbocycles. The number of non-ortho nitro benzene ring substituents is 1. The summed E-state index contributed by atoms with van der Waals surface area (Å²) in [5.74, 6) is 1.20. The van der Waals surface area contributed by atoms with Crippen molar-refractivity contribution in [1.82, 2.24) is 4.98 Å². The SMILES string of the molecule is CCNc1ccc(COc2ccc([N+](=O)[O-])cc2Cl)cn1. The number of nitrogens with one attached hydrogen (secondary N) is 1. The van der Waals surface area contributed by atoms with Crippen LogP contribution in [0, 0.1) is 10.1 Å². The smallest absolute Gasteiger partial charge is 0.271 e. The molecule has 0 atom stereocenters. The lowest BCUT2D eigenvalue weighted by Crippen LogP contribution is -2.01. The molecule has 1 aromatic carbocycles. The highest BCUT2D eigenvalue weighted by atomic mass is 35.5. The van der Waals surface area contributed by atoms with Gasteiger partial charge in [-0.25, -0.2) is 4.98 Å². The van der Waals surface area contributed by atoms with Crippen LogP contribution in [0.3, 0.4) is 0 Å². The molecule has 0 aliphatic rings. The average molecular weight is 308 g/mol. The molecule has 2 aromatic rings. The lowest BCUT2D eigenvalue weighted by Gasteiger charge is -2.08. The summed E-state index contributed by atoms with van der Waals surface area (Å²) in [7, 11) is 0. The number of nitro benzene ring substituents is 1. The third-order valence-electron chi connectivity index (χ3n) is 2.70. The van der Waals surface area contributed by atoms with Crippen LogP contribution in [0.2, 0.25) is 5.02 Å². The van der Waals surface area contributed by atoms with Crippen LogP contribution in [-0.4, -0.2) is 16.5 Å². The minimum Gasteiger partial charge on any atom is -0.487 e. The molecular weight excluding hydrogens is 294 g/mol. The molecule has 0 radical (unpaired) electrons. The number of rotatable bonds is 6. The summed E-state index contributed by atoms with van der Waals surface area (Å²) in [5, 5.41) is 13.9. The number of nitro groups is 1. The first-order valence-corrected chi connectivity index (χ1v) is 6.73. The molecule has 0 aliphatic carbocycles. The van der Waals surface area contributed by atoms with Gasteiger partial charge in [0.2, 0.25) is 0 Å². The number of nitrogens with zero attached hydrogens (tertiary/aromatic N) is 2. The molecule has 21 heavy (non-hydrogen) atoms. The summed E-state index contributed by atoms with van der Waals surface area (Å²) in [6.45, 7) is 3.09. The number of ether oxygens (including phenoxy) is 1. The molecule has 0 fully saturated rings. The third-order valence-corrected chi connectivity index (χ3v) is 3.00.